The second kappa shape index (κ2) is 9.76. The van der Waals surface area contributed by atoms with Crippen LogP contribution >= 0.6 is 23.4 Å². The molecule has 2 aliphatic heterocycles. The van der Waals surface area contributed by atoms with Crippen LogP contribution in [-0.4, -0.2) is 58.3 Å². The molecule has 1 aromatic heterocycles. The molecule has 3 aromatic rings. The lowest BCUT2D eigenvalue weighted by Gasteiger charge is -2.40. The van der Waals surface area contributed by atoms with Crippen LogP contribution < -0.4 is 10.6 Å². The molecule has 1 atom stereocenters. The van der Waals surface area contributed by atoms with Gasteiger partial charge in [0.15, 0.2) is 5.83 Å². The molecule has 12 heteroatoms. The fourth-order valence-electron chi connectivity index (χ4n) is 4.87. The van der Waals surface area contributed by atoms with Gasteiger partial charge >= 0.3 is 5.69 Å². The fourth-order valence-corrected chi connectivity index (χ4v) is 6.43. The summed E-state index contributed by atoms with van der Waals surface area (Å²) in [4.78, 5) is 36.7. The average Bonchev–Trinajstić information content (AvgIpc) is 2.86. The van der Waals surface area contributed by atoms with Crippen molar-refractivity contribution >= 4 is 46.0 Å². The summed E-state index contributed by atoms with van der Waals surface area (Å²) in [6, 6.07) is 4.21. The average molecular weight is 546 g/mol. The summed E-state index contributed by atoms with van der Waals surface area (Å²) in [7, 11) is 0. The highest BCUT2D eigenvalue weighted by atomic mass is 35.5. The lowest BCUT2D eigenvalue weighted by molar-refractivity contribution is -0.131. The summed E-state index contributed by atoms with van der Waals surface area (Å²) < 4.78 is 43.5. The zero-order valence-electron chi connectivity index (χ0n) is 19.3. The number of hydrogen-bond acceptors (Lipinski definition) is 5. The Morgan fingerprint density at radius 2 is 2.05 bits per heavy atom. The molecule has 7 nitrogen and oxygen atoms in total. The Morgan fingerprint density at radius 1 is 1.27 bits per heavy atom. The van der Waals surface area contributed by atoms with E-state index in [0.717, 1.165) is 12.1 Å². The number of aromatic nitrogens is 2. The van der Waals surface area contributed by atoms with Crippen LogP contribution in [0.2, 0.25) is 5.02 Å². The number of hydrogen-bond donors (Lipinski definition) is 0. The van der Waals surface area contributed by atoms with E-state index in [1.54, 1.807) is 11.0 Å². The molecule has 0 saturated carbocycles. The largest absolute Gasteiger partial charge is 0.352 e. The van der Waals surface area contributed by atoms with E-state index in [2.05, 4.69) is 16.4 Å². The van der Waals surface area contributed by atoms with E-state index in [9.17, 15) is 22.8 Å². The summed E-state index contributed by atoms with van der Waals surface area (Å²) >= 11 is 8.10. The number of nitrogens with zero attached hydrogens (tertiary/aromatic N) is 5. The molecule has 1 amide bonds. The van der Waals surface area contributed by atoms with E-state index >= 15 is 0 Å². The maximum absolute atomic E-state index is 14.8. The Bertz CT molecular complexity index is 1570. The molecule has 37 heavy (non-hydrogen) atoms. The van der Waals surface area contributed by atoms with Crippen molar-refractivity contribution in [2.75, 3.05) is 36.8 Å². The molecule has 2 aromatic carbocycles. The van der Waals surface area contributed by atoms with Crippen LogP contribution in [-0.2, 0) is 11.3 Å². The maximum Gasteiger partial charge on any atom is 0.350 e. The van der Waals surface area contributed by atoms with Gasteiger partial charge in [0.25, 0.3) is 5.91 Å². The third-order valence-electron chi connectivity index (χ3n) is 6.49. The second-order valence-electron chi connectivity index (χ2n) is 8.64. The van der Waals surface area contributed by atoms with E-state index < -0.39 is 35.1 Å². The third kappa shape index (κ3) is 4.34. The van der Waals surface area contributed by atoms with Crippen LogP contribution in [0.3, 0.4) is 0 Å². The summed E-state index contributed by atoms with van der Waals surface area (Å²) in [6.45, 7) is 11.1. The van der Waals surface area contributed by atoms with E-state index in [1.165, 1.54) is 27.3 Å². The summed E-state index contributed by atoms with van der Waals surface area (Å²) in [5.74, 6) is -2.63. The van der Waals surface area contributed by atoms with Gasteiger partial charge in [-0.2, -0.15) is 4.98 Å². The Balaban J connectivity index is 1.67. The number of amides is 1. The molecular weight excluding hydrogens is 527 g/mol. The van der Waals surface area contributed by atoms with Crippen LogP contribution in [0, 0.1) is 18.2 Å². The smallest absolute Gasteiger partial charge is 0.350 e. The molecule has 190 valence electrons. The van der Waals surface area contributed by atoms with Crippen LogP contribution in [0.5, 0.6) is 0 Å². The zero-order chi connectivity index (χ0) is 26.4. The standard InChI is InChI=1S/C25H19ClF3N5O2S/c1-13(27)24(35)33-6-5-32(12-15(33)11-30-2)23-17-10-18(26)20(16-4-3-14(28)9-19(16)29)22-21(17)34(7-8-37-22)25(36)31-23/h3-4,9-10,15H,1,5-8,11-12H2/t15-/m0/s1. The van der Waals surface area contributed by atoms with Crippen molar-refractivity contribution in [3.63, 3.8) is 0 Å². The van der Waals surface area contributed by atoms with E-state index in [0.29, 0.717) is 39.5 Å². The van der Waals surface area contributed by atoms with E-state index in [-0.39, 0.29) is 36.8 Å². The van der Waals surface area contributed by atoms with Crippen molar-refractivity contribution in [1.29, 1.82) is 0 Å². The van der Waals surface area contributed by atoms with Gasteiger partial charge in [-0.1, -0.05) is 18.2 Å². The zero-order valence-corrected chi connectivity index (χ0v) is 20.9. The molecule has 5 rings (SSSR count). The predicted octanol–water partition coefficient (Wildman–Crippen LogP) is 4.52. The first-order chi connectivity index (χ1) is 17.7. The number of piperazine rings is 1. The number of rotatable bonds is 4. The minimum atomic E-state index is -1.11. The molecule has 0 N–H and O–H groups in total. The molecule has 2 aliphatic rings. The van der Waals surface area contributed by atoms with Gasteiger partial charge in [-0.25, -0.2) is 24.5 Å². The van der Waals surface area contributed by atoms with Gasteiger partial charge in [-0.15, -0.1) is 11.8 Å². The first-order valence-electron chi connectivity index (χ1n) is 11.3. The summed E-state index contributed by atoms with van der Waals surface area (Å²) in [5.41, 5.74) is 0.510. The van der Waals surface area contributed by atoms with Crippen LogP contribution in [0.4, 0.5) is 19.0 Å². The predicted molar refractivity (Wildman–Crippen MR) is 137 cm³/mol. The van der Waals surface area contributed by atoms with Gasteiger partial charge in [0, 0.05) is 59.4 Å². The number of halogens is 4. The van der Waals surface area contributed by atoms with Gasteiger partial charge in [0.2, 0.25) is 6.54 Å². The van der Waals surface area contributed by atoms with Crippen molar-refractivity contribution < 1.29 is 18.0 Å². The van der Waals surface area contributed by atoms with Gasteiger partial charge < -0.3 is 14.6 Å². The fraction of sp³-hybridized carbons (Fsp3) is 0.280. The maximum atomic E-state index is 14.8. The van der Waals surface area contributed by atoms with E-state index in [4.69, 9.17) is 18.2 Å². The Kier molecular flexibility index (Phi) is 6.64. The van der Waals surface area contributed by atoms with Gasteiger partial charge in [-0.3, -0.25) is 9.36 Å². The molecule has 0 aliphatic carbocycles. The van der Waals surface area contributed by atoms with Crippen molar-refractivity contribution in [2.24, 2.45) is 0 Å². The van der Waals surface area contributed by atoms with Crippen molar-refractivity contribution in [1.82, 2.24) is 14.5 Å². The lowest BCUT2D eigenvalue weighted by Crippen LogP contribution is -2.57. The quantitative estimate of drug-likeness (QED) is 0.356. The Labute approximate surface area is 219 Å². The molecule has 1 saturated heterocycles. The lowest BCUT2D eigenvalue weighted by atomic mass is 10.0. The first kappa shape index (κ1) is 25.2. The highest BCUT2D eigenvalue weighted by Crippen LogP contribution is 2.46. The third-order valence-corrected chi connectivity index (χ3v) is 7.86. The molecule has 0 radical (unpaired) electrons. The topological polar surface area (TPSA) is 62.8 Å². The Morgan fingerprint density at radius 3 is 2.76 bits per heavy atom. The molecule has 0 bridgehead atoms. The van der Waals surface area contributed by atoms with E-state index in [1.807, 2.05) is 0 Å². The first-order valence-corrected chi connectivity index (χ1v) is 12.7. The van der Waals surface area contributed by atoms with Crippen molar-refractivity contribution in [2.45, 2.75) is 17.5 Å². The monoisotopic (exact) mass is 545 g/mol. The molecule has 0 spiro atoms. The van der Waals surface area contributed by atoms with Crippen molar-refractivity contribution in [3.05, 3.63) is 75.2 Å². The normalized spacial score (nSPS) is 17.1. The summed E-state index contributed by atoms with van der Waals surface area (Å²) in [6.07, 6.45) is 0. The van der Waals surface area contributed by atoms with Gasteiger partial charge in [0.1, 0.15) is 23.5 Å². The number of anilines is 1. The SMILES string of the molecule is [C-]#[N+]C[C@H]1CN(c2nc(=O)n3c4c(c(-c5ccc(F)cc5F)c(Cl)cc24)SCC3)CCN1C(=O)C(=C)F. The highest BCUT2D eigenvalue weighted by Gasteiger charge is 2.36. The number of carbonyl (C=O) groups is 1. The number of aryl methyl sites for hydroxylation is 1. The highest BCUT2D eigenvalue weighted by molar-refractivity contribution is 7.99. The number of carbonyl (C=O) groups excluding carboxylic acids is 1. The Hall–Kier alpha value is -3.49. The number of thioether (sulfide) groups is 1. The van der Waals surface area contributed by atoms with Crippen molar-refractivity contribution in [3.8, 4) is 11.1 Å². The minimum absolute atomic E-state index is 0.0691. The van der Waals surface area contributed by atoms with Crippen LogP contribution in [0.1, 0.15) is 0 Å². The molecule has 1 fully saturated rings. The second-order valence-corrected chi connectivity index (χ2v) is 10.2. The number of benzene rings is 2. The van der Waals surface area contributed by atoms with Gasteiger partial charge in [0.05, 0.1) is 10.5 Å². The van der Waals surface area contributed by atoms with Gasteiger partial charge in [-0.05, 0) is 18.2 Å². The van der Waals surface area contributed by atoms with Crippen LogP contribution in [0.15, 0.2) is 46.4 Å². The molecule has 3 heterocycles. The molecular formula is C25H19ClF3N5O2S. The summed E-state index contributed by atoms with van der Waals surface area (Å²) in [5, 5.41) is 0.755. The minimum Gasteiger partial charge on any atom is -0.352 e. The molecule has 0 unspecified atom stereocenters. The van der Waals surface area contributed by atoms with Crippen LogP contribution in [0.25, 0.3) is 26.9 Å².